The third kappa shape index (κ3) is 6.28. The number of hydrogen-bond donors (Lipinski definition) is 2. The number of para-hydroxylation sites is 2. The van der Waals surface area contributed by atoms with Gasteiger partial charge in [0.15, 0.2) is 0 Å². The SMILES string of the molecule is C=CCOc1ccccc1NC(=O)CNCCC1=CCCCC1. The summed E-state index contributed by atoms with van der Waals surface area (Å²) in [4.78, 5) is 12.0. The lowest BCUT2D eigenvalue weighted by Crippen LogP contribution is -2.29. The zero-order valence-electron chi connectivity index (χ0n) is 13.6. The Kier molecular flexibility index (Phi) is 7.40. The molecule has 2 rings (SSSR count). The Morgan fingerprint density at radius 3 is 2.96 bits per heavy atom. The Labute approximate surface area is 138 Å². The lowest BCUT2D eigenvalue weighted by Gasteiger charge is -2.13. The molecule has 0 aromatic heterocycles. The predicted octanol–water partition coefficient (Wildman–Crippen LogP) is 3.67. The Balaban J connectivity index is 1.72. The molecule has 1 aromatic rings. The van der Waals surface area contributed by atoms with Crippen molar-refractivity contribution in [2.75, 3.05) is 25.0 Å². The van der Waals surface area contributed by atoms with E-state index in [9.17, 15) is 4.79 Å². The smallest absolute Gasteiger partial charge is 0.238 e. The van der Waals surface area contributed by atoms with Crippen molar-refractivity contribution in [1.82, 2.24) is 5.32 Å². The second-order valence-electron chi connectivity index (χ2n) is 5.68. The van der Waals surface area contributed by atoms with E-state index in [1.807, 2.05) is 24.3 Å². The lowest BCUT2D eigenvalue weighted by atomic mass is 9.97. The summed E-state index contributed by atoms with van der Waals surface area (Å²) in [5.41, 5.74) is 2.21. The van der Waals surface area contributed by atoms with Gasteiger partial charge in [-0.15, -0.1) is 0 Å². The molecule has 1 aliphatic rings. The molecule has 0 saturated heterocycles. The van der Waals surface area contributed by atoms with Crippen molar-refractivity contribution < 1.29 is 9.53 Å². The van der Waals surface area contributed by atoms with Crippen molar-refractivity contribution in [3.05, 3.63) is 48.6 Å². The van der Waals surface area contributed by atoms with Crippen LogP contribution >= 0.6 is 0 Å². The van der Waals surface area contributed by atoms with Gasteiger partial charge >= 0.3 is 0 Å². The van der Waals surface area contributed by atoms with Crippen LogP contribution in [-0.2, 0) is 4.79 Å². The molecule has 0 radical (unpaired) electrons. The number of rotatable bonds is 9. The maximum atomic E-state index is 12.0. The van der Waals surface area contributed by atoms with Crippen molar-refractivity contribution in [3.63, 3.8) is 0 Å². The van der Waals surface area contributed by atoms with Crippen LogP contribution in [0.5, 0.6) is 5.75 Å². The highest BCUT2D eigenvalue weighted by molar-refractivity contribution is 5.93. The number of allylic oxidation sites excluding steroid dienone is 1. The van der Waals surface area contributed by atoms with E-state index in [2.05, 4.69) is 23.3 Å². The quantitative estimate of drug-likeness (QED) is 0.540. The normalized spacial score (nSPS) is 14.0. The molecule has 23 heavy (non-hydrogen) atoms. The molecule has 4 heteroatoms. The van der Waals surface area contributed by atoms with Gasteiger partial charge in [0, 0.05) is 0 Å². The van der Waals surface area contributed by atoms with E-state index >= 15 is 0 Å². The van der Waals surface area contributed by atoms with Gasteiger partial charge in [-0.1, -0.05) is 36.4 Å². The topological polar surface area (TPSA) is 50.4 Å². The fraction of sp³-hybridized carbons (Fsp3) is 0.421. The molecule has 0 saturated carbocycles. The minimum absolute atomic E-state index is 0.0581. The monoisotopic (exact) mass is 314 g/mol. The van der Waals surface area contributed by atoms with Crippen LogP contribution < -0.4 is 15.4 Å². The number of anilines is 1. The van der Waals surface area contributed by atoms with Crippen LogP contribution in [0.15, 0.2) is 48.6 Å². The Bertz CT molecular complexity index is 552. The first-order valence-corrected chi connectivity index (χ1v) is 8.31. The number of ether oxygens (including phenoxy) is 1. The first-order valence-electron chi connectivity index (χ1n) is 8.31. The highest BCUT2D eigenvalue weighted by Crippen LogP contribution is 2.23. The van der Waals surface area contributed by atoms with Crippen LogP contribution in [0, 0.1) is 0 Å². The van der Waals surface area contributed by atoms with Crippen molar-refractivity contribution in [1.29, 1.82) is 0 Å². The Morgan fingerprint density at radius 1 is 1.30 bits per heavy atom. The minimum atomic E-state index is -0.0581. The summed E-state index contributed by atoms with van der Waals surface area (Å²) in [6.45, 7) is 5.19. The number of amides is 1. The maximum Gasteiger partial charge on any atom is 0.238 e. The average molecular weight is 314 g/mol. The molecular formula is C19H26N2O2. The number of carbonyl (C=O) groups excluding carboxylic acids is 1. The number of carbonyl (C=O) groups is 1. The van der Waals surface area contributed by atoms with Gasteiger partial charge < -0.3 is 15.4 Å². The van der Waals surface area contributed by atoms with Crippen LogP contribution in [0.3, 0.4) is 0 Å². The van der Waals surface area contributed by atoms with E-state index in [1.165, 1.54) is 31.3 Å². The molecule has 4 nitrogen and oxygen atoms in total. The molecule has 0 fully saturated rings. The molecule has 0 heterocycles. The van der Waals surface area contributed by atoms with Gasteiger partial charge in [-0.05, 0) is 50.8 Å². The number of nitrogens with one attached hydrogen (secondary N) is 2. The highest BCUT2D eigenvalue weighted by Gasteiger charge is 2.07. The summed E-state index contributed by atoms with van der Waals surface area (Å²) in [6, 6.07) is 7.43. The standard InChI is InChI=1S/C19H26N2O2/c1-2-14-23-18-11-7-6-10-17(18)21-19(22)15-20-13-12-16-8-4-3-5-9-16/h2,6-8,10-11,20H,1,3-5,9,12-15H2,(H,21,22). The van der Waals surface area contributed by atoms with E-state index in [-0.39, 0.29) is 5.91 Å². The van der Waals surface area contributed by atoms with E-state index in [1.54, 1.807) is 6.08 Å². The molecule has 2 N–H and O–H groups in total. The molecule has 124 valence electrons. The van der Waals surface area contributed by atoms with Crippen LogP contribution in [-0.4, -0.2) is 25.6 Å². The van der Waals surface area contributed by atoms with Gasteiger partial charge in [-0.2, -0.15) is 0 Å². The third-order valence-electron chi connectivity index (χ3n) is 3.81. The van der Waals surface area contributed by atoms with Crippen molar-refractivity contribution in [3.8, 4) is 5.75 Å². The van der Waals surface area contributed by atoms with Crippen LogP contribution in [0.1, 0.15) is 32.1 Å². The summed E-state index contributed by atoms with van der Waals surface area (Å²) in [6.07, 6.45) is 10.1. The largest absolute Gasteiger partial charge is 0.487 e. The molecular weight excluding hydrogens is 288 g/mol. The zero-order chi connectivity index (χ0) is 16.3. The predicted molar refractivity (Wildman–Crippen MR) is 94.8 cm³/mol. The fourth-order valence-corrected chi connectivity index (χ4v) is 2.62. The average Bonchev–Trinajstić information content (AvgIpc) is 2.59. The Hall–Kier alpha value is -2.07. The summed E-state index contributed by atoms with van der Waals surface area (Å²) < 4.78 is 5.53. The van der Waals surface area contributed by atoms with Gasteiger partial charge in [0.2, 0.25) is 5.91 Å². The van der Waals surface area contributed by atoms with Crippen molar-refractivity contribution >= 4 is 11.6 Å². The fourth-order valence-electron chi connectivity index (χ4n) is 2.62. The summed E-state index contributed by atoms with van der Waals surface area (Å²) in [7, 11) is 0. The van der Waals surface area contributed by atoms with Gasteiger partial charge in [0.1, 0.15) is 12.4 Å². The summed E-state index contributed by atoms with van der Waals surface area (Å²) in [5, 5.41) is 6.09. The summed E-state index contributed by atoms with van der Waals surface area (Å²) >= 11 is 0. The first kappa shape index (κ1) is 17.3. The minimum Gasteiger partial charge on any atom is -0.487 e. The van der Waals surface area contributed by atoms with E-state index in [4.69, 9.17) is 4.74 Å². The number of hydrogen-bond acceptors (Lipinski definition) is 3. The maximum absolute atomic E-state index is 12.0. The molecule has 0 atom stereocenters. The van der Waals surface area contributed by atoms with Crippen LogP contribution in [0.25, 0.3) is 0 Å². The lowest BCUT2D eigenvalue weighted by molar-refractivity contribution is -0.115. The Morgan fingerprint density at radius 2 is 2.17 bits per heavy atom. The molecule has 0 unspecified atom stereocenters. The third-order valence-corrected chi connectivity index (χ3v) is 3.81. The van der Waals surface area contributed by atoms with E-state index < -0.39 is 0 Å². The molecule has 1 aromatic carbocycles. The second-order valence-corrected chi connectivity index (χ2v) is 5.68. The summed E-state index contributed by atoms with van der Waals surface area (Å²) in [5.74, 6) is 0.602. The first-order chi connectivity index (χ1) is 11.3. The molecule has 0 spiro atoms. The van der Waals surface area contributed by atoms with Crippen LogP contribution in [0.4, 0.5) is 5.69 Å². The zero-order valence-corrected chi connectivity index (χ0v) is 13.6. The van der Waals surface area contributed by atoms with E-state index in [0.717, 1.165) is 13.0 Å². The van der Waals surface area contributed by atoms with Gasteiger partial charge in [0.25, 0.3) is 0 Å². The van der Waals surface area contributed by atoms with Crippen molar-refractivity contribution in [2.24, 2.45) is 0 Å². The molecule has 0 aliphatic heterocycles. The van der Waals surface area contributed by atoms with Crippen molar-refractivity contribution in [2.45, 2.75) is 32.1 Å². The van der Waals surface area contributed by atoms with E-state index in [0.29, 0.717) is 24.6 Å². The second kappa shape index (κ2) is 9.85. The molecule has 1 amide bonds. The van der Waals surface area contributed by atoms with Gasteiger partial charge in [-0.25, -0.2) is 0 Å². The molecule has 1 aliphatic carbocycles. The van der Waals surface area contributed by atoms with Crippen LogP contribution in [0.2, 0.25) is 0 Å². The number of benzene rings is 1. The van der Waals surface area contributed by atoms with Gasteiger partial charge in [-0.3, -0.25) is 4.79 Å². The van der Waals surface area contributed by atoms with Gasteiger partial charge in [0.05, 0.1) is 12.2 Å². The molecule has 0 bridgehead atoms. The highest BCUT2D eigenvalue weighted by atomic mass is 16.5.